The Kier molecular flexibility index (Phi) is 5.32. The lowest BCUT2D eigenvalue weighted by Gasteiger charge is -2.37. The minimum Gasteiger partial charge on any atom is -0.354 e. The van der Waals surface area contributed by atoms with Gasteiger partial charge in [-0.2, -0.15) is 0 Å². The van der Waals surface area contributed by atoms with Crippen molar-refractivity contribution in [2.24, 2.45) is 0 Å². The van der Waals surface area contributed by atoms with Crippen molar-refractivity contribution in [1.29, 1.82) is 0 Å². The van der Waals surface area contributed by atoms with E-state index in [-0.39, 0.29) is 0 Å². The molecule has 2 fully saturated rings. The van der Waals surface area contributed by atoms with Crippen LogP contribution < -0.4 is 4.90 Å². The number of aromatic nitrogens is 1. The lowest BCUT2D eigenvalue weighted by Crippen LogP contribution is -2.49. The lowest BCUT2D eigenvalue weighted by atomic mass is 10.1. The zero-order valence-corrected chi connectivity index (χ0v) is 14.2. The quantitative estimate of drug-likeness (QED) is 0.852. The summed E-state index contributed by atoms with van der Waals surface area (Å²) in [6.07, 6.45) is 4.08. The first-order valence-corrected chi connectivity index (χ1v) is 8.89. The molecule has 1 aromatic rings. The molecule has 2 aliphatic rings. The highest BCUT2D eigenvalue weighted by Crippen LogP contribution is 2.17. The van der Waals surface area contributed by atoms with Crippen molar-refractivity contribution in [1.82, 2.24) is 14.8 Å². The summed E-state index contributed by atoms with van der Waals surface area (Å²) in [6.45, 7) is 12.5. The van der Waals surface area contributed by atoms with Crippen LogP contribution >= 0.6 is 0 Å². The first kappa shape index (κ1) is 15.8. The molecule has 122 valence electrons. The molecule has 0 bridgehead atoms. The fraction of sp³-hybridized carbons (Fsp3) is 0.722. The van der Waals surface area contributed by atoms with Gasteiger partial charge in [-0.05, 0) is 51.9 Å². The molecule has 22 heavy (non-hydrogen) atoms. The molecule has 3 heterocycles. The van der Waals surface area contributed by atoms with E-state index in [1.54, 1.807) is 0 Å². The first-order chi connectivity index (χ1) is 10.7. The Morgan fingerprint density at radius 2 is 1.68 bits per heavy atom. The van der Waals surface area contributed by atoms with Crippen LogP contribution in [-0.4, -0.2) is 60.1 Å². The van der Waals surface area contributed by atoms with Gasteiger partial charge in [-0.15, -0.1) is 0 Å². The number of piperazine rings is 1. The smallest absolute Gasteiger partial charge is 0.128 e. The molecule has 0 N–H and O–H groups in total. The number of rotatable bonds is 4. The monoisotopic (exact) mass is 302 g/mol. The number of anilines is 1. The van der Waals surface area contributed by atoms with E-state index in [2.05, 4.69) is 46.7 Å². The van der Waals surface area contributed by atoms with Gasteiger partial charge in [0.05, 0.1) is 5.69 Å². The molecule has 0 saturated carbocycles. The summed E-state index contributed by atoms with van der Waals surface area (Å²) in [5.41, 5.74) is 1.23. The van der Waals surface area contributed by atoms with Crippen molar-refractivity contribution < 1.29 is 0 Å². The van der Waals surface area contributed by atoms with E-state index in [1.807, 2.05) is 0 Å². The number of nitrogens with zero attached hydrogens (tertiary/aromatic N) is 4. The van der Waals surface area contributed by atoms with Crippen LogP contribution in [0.3, 0.4) is 0 Å². The zero-order valence-electron chi connectivity index (χ0n) is 14.2. The molecule has 0 aromatic carbocycles. The highest BCUT2D eigenvalue weighted by molar-refractivity contribution is 5.39. The average molecular weight is 302 g/mol. The van der Waals surface area contributed by atoms with Gasteiger partial charge in [0.15, 0.2) is 0 Å². The second kappa shape index (κ2) is 7.42. The van der Waals surface area contributed by atoms with Gasteiger partial charge in [-0.3, -0.25) is 9.80 Å². The summed E-state index contributed by atoms with van der Waals surface area (Å²) in [7, 11) is 0. The Morgan fingerprint density at radius 1 is 0.955 bits per heavy atom. The van der Waals surface area contributed by atoms with E-state index in [9.17, 15) is 0 Å². The largest absolute Gasteiger partial charge is 0.354 e. The normalized spacial score (nSPS) is 21.5. The Morgan fingerprint density at radius 3 is 2.36 bits per heavy atom. The predicted octanol–water partition coefficient (Wildman–Crippen LogP) is 2.60. The summed E-state index contributed by atoms with van der Waals surface area (Å²) in [5, 5.41) is 0. The van der Waals surface area contributed by atoms with E-state index in [4.69, 9.17) is 4.98 Å². The molecular weight excluding hydrogens is 272 g/mol. The molecule has 3 rings (SSSR count). The molecule has 0 aliphatic carbocycles. The molecule has 2 saturated heterocycles. The topological polar surface area (TPSA) is 22.6 Å². The van der Waals surface area contributed by atoms with Gasteiger partial charge < -0.3 is 4.90 Å². The summed E-state index contributed by atoms with van der Waals surface area (Å²) < 4.78 is 0. The van der Waals surface area contributed by atoms with E-state index < -0.39 is 0 Å². The van der Waals surface area contributed by atoms with Crippen molar-refractivity contribution in [3.8, 4) is 0 Å². The second-order valence-corrected chi connectivity index (χ2v) is 6.94. The summed E-state index contributed by atoms with van der Waals surface area (Å²) in [6, 6.07) is 7.18. The number of pyridine rings is 1. The van der Waals surface area contributed by atoms with Crippen LogP contribution in [0.25, 0.3) is 0 Å². The number of likely N-dealkylation sites (tertiary alicyclic amines) is 1. The maximum absolute atomic E-state index is 4.93. The number of hydrogen-bond acceptors (Lipinski definition) is 4. The summed E-state index contributed by atoms with van der Waals surface area (Å²) in [5.74, 6) is 1.16. The first-order valence-electron chi connectivity index (χ1n) is 8.89. The minimum atomic E-state index is 0.653. The van der Waals surface area contributed by atoms with Gasteiger partial charge in [0, 0.05) is 38.8 Å². The van der Waals surface area contributed by atoms with E-state index in [1.165, 1.54) is 38.0 Å². The predicted molar refractivity (Wildman–Crippen MR) is 92.3 cm³/mol. The highest BCUT2D eigenvalue weighted by Gasteiger charge is 2.20. The molecule has 0 amide bonds. The van der Waals surface area contributed by atoms with Crippen molar-refractivity contribution in [3.63, 3.8) is 0 Å². The van der Waals surface area contributed by atoms with Gasteiger partial charge in [0.25, 0.3) is 0 Å². The van der Waals surface area contributed by atoms with Crippen LogP contribution in [0.15, 0.2) is 18.2 Å². The maximum atomic E-state index is 4.93. The third-order valence-electron chi connectivity index (χ3n) is 4.99. The van der Waals surface area contributed by atoms with Gasteiger partial charge in [-0.1, -0.05) is 12.5 Å². The van der Waals surface area contributed by atoms with E-state index >= 15 is 0 Å². The SMILES string of the molecule is CC(C)N1CCN(c2cccc(CN3CCCCC3)n2)CC1. The summed E-state index contributed by atoms with van der Waals surface area (Å²) in [4.78, 5) is 12.5. The molecule has 4 heteroatoms. The molecule has 4 nitrogen and oxygen atoms in total. The Labute approximate surface area is 135 Å². The van der Waals surface area contributed by atoms with Crippen LogP contribution in [-0.2, 0) is 6.54 Å². The van der Waals surface area contributed by atoms with Crippen LogP contribution in [0, 0.1) is 0 Å². The maximum Gasteiger partial charge on any atom is 0.128 e. The van der Waals surface area contributed by atoms with Crippen LogP contribution in [0.4, 0.5) is 5.82 Å². The van der Waals surface area contributed by atoms with Crippen LogP contribution in [0.5, 0.6) is 0 Å². The highest BCUT2D eigenvalue weighted by atomic mass is 15.3. The zero-order chi connectivity index (χ0) is 15.4. The van der Waals surface area contributed by atoms with Crippen LogP contribution in [0.1, 0.15) is 38.8 Å². The third-order valence-corrected chi connectivity index (χ3v) is 4.99. The summed E-state index contributed by atoms with van der Waals surface area (Å²) >= 11 is 0. The molecular formula is C18H30N4. The standard InChI is InChI=1S/C18H30N4/c1-16(2)21-11-13-22(14-12-21)18-8-6-7-17(19-18)15-20-9-4-3-5-10-20/h6-8,16H,3-5,9-15H2,1-2H3. The third kappa shape index (κ3) is 3.99. The molecule has 2 aliphatic heterocycles. The molecule has 0 atom stereocenters. The molecule has 1 aromatic heterocycles. The average Bonchev–Trinajstić information content (AvgIpc) is 2.56. The molecule has 0 unspecified atom stereocenters. The minimum absolute atomic E-state index is 0.653. The fourth-order valence-corrected chi connectivity index (χ4v) is 3.55. The van der Waals surface area contributed by atoms with Crippen molar-refractivity contribution in [3.05, 3.63) is 23.9 Å². The van der Waals surface area contributed by atoms with Crippen molar-refractivity contribution in [2.45, 2.75) is 45.7 Å². The molecule has 0 radical (unpaired) electrons. The van der Waals surface area contributed by atoms with Crippen molar-refractivity contribution in [2.75, 3.05) is 44.2 Å². The van der Waals surface area contributed by atoms with Gasteiger partial charge in [0.2, 0.25) is 0 Å². The van der Waals surface area contributed by atoms with Gasteiger partial charge in [-0.25, -0.2) is 4.98 Å². The van der Waals surface area contributed by atoms with Crippen LogP contribution in [0.2, 0.25) is 0 Å². The second-order valence-electron chi connectivity index (χ2n) is 6.94. The van der Waals surface area contributed by atoms with E-state index in [0.717, 1.165) is 38.5 Å². The Bertz CT molecular complexity index is 460. The van der Waals surface area contributed by atoms with E-state index in [0.29, 0.717) is 6.04 Å². The Balaban J connectivity index is 1.59. The van der Waals surface area contributed by atoms with Gasteiger partial charge >= 0.3 is 0 Å². The lowest BCUT2D eigenvalue weighted by molar-refractivity contribution is 0.208. The van der Waals surface area contributed by atoms with Crippen molar-refractivity contribution >= 4 is 5.82 Å². The number of piperidine rings is 1. The Hall–Kier alpha value is -1.13. The van der Waals surface area contributed by atoms with Gasteiger partial charge in [0.1, 0.15) is 5.82 Å². The number of hydrogen-bond donors (Lipinski definition) is 0. The fourth-order valence-electron chi connectivity index (χ4n) is 3.55. The molecule has 0 spiro atoms.